The SMILES string of the molecule is C=CCOC(=O)c1[nH]c2c(c1C)C(=O)C[C@@H](c1cc(OC)c(OC)c(OC)c1)C2. The van der Waals surface area contributed by atoms with Gasteiger partial charge in [0.1, 0.15) is 12.3 Å². The molecule has 1 aromatic heterocycles. The molecular weight excluding hydrogens is 374 g/mol. The highest BCUT2D eigenvalue weighted by atomic mass is 16.5. The minimum atomic E-state index is -0.492. The van der Waals surface area contributed by atoms with E-state index in [0.29, 0.717) is 46.9 Å². The molecule has 1 atom stereocenters. The number of Topliss-reactive ketones (excluding diaryl/α,β-unsaturated/α-hetero) is 1. The van der Waals surface area contributed by atoms with Gasteiger partial charge < -0.3 is 23.9 Å². The van der Waals surface area contributed by atoms with E-state index in [4.69, 9.17) is 18.9 Å². The maximum Gasteiger partial charge on any atom is 0.355 e. The summed E-state index contributed by atoms with van der Waals surface area (Å²) < 4.78 is 21.4. The van der Waals surface area contributed by atoms with Gasteiger partial charge in [-0.15, -0.1) is 0 Å². The number of aromatic amines is 1. The van der Waals surface area contributed by atoms with Crippen LogP contribution < -0.4 is 14.2 Å². The number of ketones is 1. The number of carbonyl (C=O) groups is 2. The van der Waals surface area contributed by atoms with Crippen LogP contribution in [0.15, 0.2) is 24.8 Å². The van der Waals surface area contributed by atoms with E-state index in [1.807, 2.05) is 12.1 Å². The Bertz CT molecular complexity index is 933. The second kappa shape index (κ2) is 8.43. The van der Waals surface area contributed by atoms with Gasteiger partial charge in [0.25, 0.3) is 0 Å². The Balaban J connectivity index is 1.97. The molecule has 0 spiro atoms. The Kier molecular flexibility index (Phi) is 5.96. The van der Waals surface area contributed by atoms with E-state index in [1.54, 1.807) is 28.3 Å². The number of hydrogen-bond donors (Lipinski definition) is 1. The predicted molar refractivity (Wildman–Crippen MR) is 107 cm³/mol. The third-order valence-corrected chi connectivity index (χ3v) is 5.18. The molecule has 0 saturated heterocycles. The topological polar surface area (TPSA) is 86.9 Å². The molecule has 0 bridgehead atoms. The molecule has 0 aliphatic heterocycles. The van der Waals surface area contributed by atoms with Gasteiger partial charge in [-0.2, -0.15) is 0 Å². The third-order valence-electron chi connectivity index (χ3n) is 5.18. The molecule has 0 radical (unpaired) electrons. The zero-order valence-electron chi connectivity index (χ0n) is 17.1. The Labute approximate surface area is 169 Å². The number of hydrogen-bond acceptors (Lipinski definition) is 6. The van der Waals surface area contributed by atoms with Crippen LogP contribution in [-0.2, 0) is 11.2 Å². The van der Waals surface area contributed by atoms with E-state index >= 15 is 0 Å². The highest BCUT2D eigenvalue weighted by Crippen LogP contribution is 2.43. The first-order chi connectivity index (χ1) is 13.9. The molecule has 0 saturated carbocycles. The van der Waals surface area contributed by atoms with E-state index in [-0.39, 0.29) is 18.3 Å². The largest absolute Gasteiger partial charge is 0.493 e. The summed E-state index contributed by atoms with van der Waals surface area (Å²) in [7, 11) is 4.66. The van der Waals surface area contributed by atoms with E-state index < -0.39 is 5.97 Å². The average molecular weight is 399 g/mol. The Morgan fingerprint density at radius 2 is 1.83 bits per heavy atom. The lowest BCUT2D eigenvalue weighted by atomic mass is 9.81. The first-order valence-corrected chi connectivity index (χ1v) is 9.27. The fourth-order valence-electron chi connectivity index (χ4n) is 3.82. The molecule has 0 fully saturated rings. The first-order valence-electron chi connectivity index (χ1n) is 9.27. The van der Waals surface area contributed by atoms with Crippen LogP contribution in [0.1, 0.15) is 50.0 Å². The summed E-state index contributed by atoms with van der Waals surface area (Å²) >= 11 is 0. The van der Waals surface area contributed by atoms with Crippen molar-refractivity contribution in [3.8, 4) is 17.2 Å². The molecular formula is C22H25NO6. The molecule has 0 unspecified atom stereocenters. The Hall–Kier alpha value is -3.22. The molecule has 154 valence electrons. The molecule has 1 heterocycles. The molecule has 29 heavy (non-hydrogen) atoms. The molecule has 1 aromatic carbocycles. The summed E-state index contributed by atoms with van der Waals surface area (Å²) in [6.45, 7) is 5.42. The molecule has 0 amide bonds. The smallest absolute Gasteiger partial charge is 0.355 e. The zero-order valence-corrected chi connectivity index (χ0v) is 17.1. The summed E-state index contributed by atoms with van der Waals surface area (Å²) in [5, 5.41) is 0. The van der Waals surface area contributed by atoms with Crippen molar-refractivity contribution in [1.29, 1.82) is 0 Å². The summed E-state index contributed by atoms with van der Waals surface area (Å²) in [6, 6.07) is 3.72. The van der Waals surface area contributed by atoms with Crippen molar-refractivity contribution < 1.29 is 28.5 Å². The van der Waals surface area contributed by atoms with Gasteiger partial charge in [-0.25, -0.2) is 4.79 Å². The van der Waals surface area contributed by atoms with Crippen molar-refractivity contribution in [1.82, 2.24) is 4.98 Å². The van der Waals surface area contributed by atoms with Crippen LogP contribution in [0.3, 0.4) is 0 Å². The normalized spacial score (nSPS) is 15.4. The molecule has 1 aliphatic carbocycles. The number of carbonyl (C=O) groups excluding carboxylic acids is 2. The van der Waals surface area contributed by atoms with Gasteiger partial charge in [0.05, 0.1) is 21.3 Å². The van der Waals surface area contributed by atoms with E-state index in [1.165, 1.54) is 6.08 Å². The summed E-state index contributed by atoms with van der Waals surface area (Å²) in [5.41, 5.74) is 3.17. The number of aromatic nitrogens is 1. The van der Waals surface area contributed by atoms with Gasteiger partial charge >= 0.3 is 5.97 Å². The second-order valence-corrected chi connectivity index (χ2v) is 6.85. The molecule has 3 rings (SSSR count). The van der Waals surface area contributed by atoms with Crippen LogP contribution in [0, 0.1) is 6.92 Å². The van der Waals surface area contributed by atoms with Crippen molar-refractivity contribution in [3.05, 3.63) is 52.9 Å². The van der Waals surface area contributed by atoms with Crippen LogP contribution >= 0.6 is 0 Å². The molecule has 7 nitrogen and oxygen atoms in total. The van der Waals surface area contributed by atoms with Crippen LogP contribution in [0.25, 0.3) is 0 Å². The van der Waals surface area contributed by atoms with Gasteiger partial charge in [0.15, 0.2) is 17.3 Å². The quantitative estimate of drug-likeness (QED) is 0.565. The van der Waals surface area contributed by atoms with Gasteiger partial charge in [-0.05, 0) is 42.5 Å². The van der Waals surface area contributed by atoms with Gasteiger partial charge in [-0.3, -0.25) is 4.79 Å². The number of esters is 1. The standard InChI is InChI=1S/C22H25NO6/c1-6-7-29-22(25)20-12(2)19-15(23-20)8-13(9-16(19)24)14-10-17(26-3)21(28-5)18(11-14)27-4/h6,10-11,13,23H,1,7-9H2,2-5H3/t13-/m0/s1. The number of methoxy groups -OCH3 is 3. The number of fused-ring (bicyclic) bond motifs is 1. The van der Waals surface area contributed by atoms with Crippen molar-refractivity contribution in [3.63, 3.8) is 0 Å². The lowest BCUT2D eigenvalue weighted by Gasteiger charge is -2.24. The predicted octanol–water partition coefficient (Wildman–Crippen LogP) is 3.60. The number of H-pyrrole nitrogens is 1. The lowest BCUT2D eigenvalue weighted by molar-refractivity contribution is 0.0542. The lowest BCUT2D eigenvalue weighted by Crippen LogP contribution is -2.19. The third kappa shape index (κ3) is 3.72. The molecule has 2 aromatic rings. The molecule has 1 N–H and O–H groups in total. The van der Waals surface area contributed by atoms with Crippen molar-refractivity contribution in [2.45, 2.75) is 25.7 Å². The summed E-state index contributed by atoms with van der Waals surface area (Å²) in [5.74, 6) is 0.992. The zero-order chi connectivity index (χ0) is 21.1. The average Bonchev–Trinajstić information content (AvgIpc) is 3.07. The monoisotopic (exact) mass is 399 g/mol. The van der Waals surface area contributed by atoms with Crippen molar-refractivity contribution in [2.75, 3.05) is 27.9 Å². The fraction of sp³-hybridized carbons (Fsp3) is 0.364. The van der Waals surface area contributed by atoms with Crippen LogP contribution in [0.4, 0.5) is 0 Å². The van der Waals surface area contributed by atoms with E-state index in [2.05, 4.69) is 11.6 Å². The number of ether oxygens (including phenoxy) is 4. The van der Waals surface area contributed by atoms with Crippen LogP contribution in [0.5, 0.6) is 17.2 Å². The van der Waals surface area contributed by atoms with Gasteiger partial charge in [0.2, 0.25) is 5.75 Å². The number of rotatable bonds is 7. The van der Waals surface area contributed by atoms with Crippen LogP contribution in [0.2, 0.25) is 0 Å². The van der Waals surface area contributed by atoms with Crippen LogP contribution in [-0.4, -0.2) is 44.7 Å². The highest BCUT2D eigenvalue weighted by Gasteiger charge is 2.33. The van der Waals surface area contributed by atoms with E-state index in [0.717, 1.165) is 11.3 Å². The molecule has 1 aliphatic rings. The molecule has 7 heteroatoms. The van der Waals surface area contributed by atoms with Gasteiger partial charge in [-0.1, -0.05) is 12.7 Å². The number of benzene rings is 1. The van der Waals surface area contributed by atoms with E-state index in [9.17, 15) is 9.59 Å². The van der Waals surface area contributed by atoms with Gasteiger partial charge in [0, 0.05) is 17.7 Å². The van der Waals surface area contributed by atoms with Crippen molar-refractivity contribution in [2.24, 2.45) is 0 Å². The Morgan fingerprint density at radius 1 is 1.17 bits per heavy atom. The Morgan fingerprint density at radius 3 is 2.38 bits per heavy atom. The minimum absolute atomic E-state index is 0.0125. The summed E-state index contributed by atoms with van der Waals surface area (Å²) in [4.78, 5) is 28.3. The number of nitrogens with one attached hydrogen (secondary N) is 1. The second-order valence-electron chi connectivity index (χ2n) is 6.85. The first kappa shape index (κ1) is 20.5. The minimum Gasteiger partial charge on any atom is -0.493 e. The fourth-order valence-corrected chi connectivity index (χ4v) is 3.82. The van der Waals surface area contributed by atoms with Crippen molar-refractivity contribution >= 4 is 11.8 Å². The maximum absolute atomic E-state index is 12.9. The maximum atomic E-state index is 12.9. The summed E-state index contributed by atoms with van der Waals surface area (Å²) in [6.07, 6.45) is 2.41. The highest BCUT2D eigenvalue weighted by molar-refractivity contribution is 6.03.